The van der Waals surface area contributed by atoms with Crippen LogP contribution in [0.2, 0.25) is 0 Å². The number of sulfonamides is 1. The van der Waals surface area contributed by atoms with E-state index >= 15 is 0 Å². The molecule has 0 unspecified atom stereocenters. The fraction of sp³-hybridized carbons (Fsp3) is 0.409. The van der Waals surface area contributed by atoms with Crippen molar-refractivity contribution in [3.05, 3.63) is 29.1 Å². The van der Waals surface area contributed by atoms with Gasteiger partial charge in [0.1, 0.15) is 9.71 Å². The summed E-state index contributed by atoms with van der Waals surface area (Å²) in [6.45, 7) is 2.51. The summed E-state index contributed by atoms with van der Waals surface area (Å²) in [5.41, 5.74) is 13.4. The summed E-state index contributed by atoms with van der Waals surface area (Å²) in [4.78, 5) is 23.6. The van der Waals surface area contributed by atoms with Crippen molar-refractivity contribution >= 4 is 60.6 Å². The molecule has 0 bridgehead atoms. The molecule has 2 aromatic heterocycles. The average Bonchev–Trinajstić information content (AvgIpc) is 3.19. The highest BCUT2D eigenvalue weighted by Gasteiger charge is 2.21. The van der Waals surface area contributed by atoms with E-state index < -0.39 is 15.9 Å². The number of rotatable bonds is 14. The van der Waals surface area contributed by atoms with Gasteiger partial charge in [0.25, 0.3) is 5.91 Å². The van der Waals surface area contributed by atoms with Crippen LogP contribution < -0.4 is 16.2 Å². The molecule has 1 amide bonds. The minimum absolute atomic E-state index is 0.0987. The van der Waals surface area contributed by atoms with E-state index in [-0.39, 0.29) is 16.3 Å². The first-order chi connectivity index (χ1) is 17.2. The number of primary amides is 1. The molecule has 0 radical (unpaired) electrons. The number of nitrogen functional groups attached to an aromatic ring is 1. The van der Waals surface area contributed by atoms with Gasteiger partial charge >= 0.3 is 0 Å². The lowest BCUT2D eigenvalue weighted by Gasteiger charge is -2.21. The topological polar surface area (TPSA) is 163 Å². The number of nitrogens with zero attached hydrogens (tertiary/aromatic N) is 3. The highest BCUT2D eigenvalue weighted by molar-refractivity contribution is 7.98. The van der Waals surface area contributed by atoms with Gasteiger partial charge in [0.2, 0.25) is 10.0 Å². The average molecular weight is 555 g/mol. The Labute approximate surface area is 218 Å². The number of thioether (sulfide) groups is 1. The second-order valence-electron chi connectivity index (χ2n) is 7.78. The lowest BCUT2D eigenvalue weighted by atomic mass is 10.1. The zero-order chi connectivity index (χ0) is 26.3. The number of fused-ring (bicyclic) bond motifs is 1. The molecule has 0 aliphatic heterocycles. The van der Waals surface area contributed by atoms with Crippen LogP contribution in [0.5, 0.6) is 0 Å². The minimum Gasteiger partial charge on any atom is -0.397 e. The molecule has 3 rings (SSSR count). The van der Waals surface area contributed by atoms with E-state index in [1.807, 2.05) is 11.2 Å². The Morgan fingerprint density at radius 1 is 1.17 bits per heavy atom. The largest absolute Gasteiger partial charge is 0.397 e. The van der Waals surface area contributed by atoms with E-state index in [2.05, 4.69) is 14.7 Å². The maximum Gasteiger partial charge on any atom is 0.260 e. The molecule has 0 aliphatic rings. The zero-order valence-corrected chi connectivity index (χ0v) is 22.8. The van der Waals surface area contributed by atoms with Gasteiger partial charge in [-0.25, -0.2) is 18.4 Å². The molecule has 0 saturated carbocycles. The molecule has 14 heteroatoms. The number of hydrogen-bond acceptors (Lipinski definition) is 11. The summed E-state index contributed by atoms with van der Waals surface area (Å²) in [5, 5.41) is 1.01. The van der Waals surface area contributed by atoms with Gasteiger partial charge in [-0.15, -0.1) is 11.3 Å². The van der Waals surface area contributed by atoms with Crippen molar-refractivity contribution in [2.75, 3.05) is 69.5 Å². The lowest BCUT2D eigenvalue weighted by Crippen LogP contribution is -2.36. The minimum atomic E-state index is -3.64. The summed E-state index contributed by atoms with van der Waals surface area (Å²) in [5.74, 6) is -0.739. The SMILES string of the molecule is COCCN(CCOC)CCS(=O)(=O)Nc1cccc(-c2nc(SC)nc3sc(C(N)=O)c(N)c23)c1. The number of anilines is 2. The summed E-state index contributed by atoms with van der Waals surface area (Å²) < 4.78 is 38.6. The number of nitrogens with two attached hydrogens (primary N) is 2. The van der Waals surface area contributed by atoms with Gasteiger partial charge in [0.05, 0.1) is 35.7 Å². The summed E-state index contributed by atoms with van der Waals surface area (Å²) in [7, 11) is -0.437. The molecule has 196 valence electrons. The number of carbonyl (C=O) groups excluding carboxylic acids is 1. The number of amides is 1. The fourth-order valence-corrected chi connectivity index (χ4v) is 5.93. The summed E-state index contributed by atoms with van der Waals surface area (Å²) in [6, 6.07) is 6.86. The van der Waals surface area contributed by atoms with Crippen molar-refractivity contribution in [3.63, 3.8) is 0 Å². The molecule has 3 aromatic rings. The van der Waals surface area contributed by atoms with Gasteiger partial charge in [0, 0.05) is 45.1 Å². The first kappa shape index (κ1) is 28.1. The van der Waals surface area contributed by atoms with Crippen molar-refractivity contribution in [1.82, 2.24) is 14.9 Å². The van der Waals surface area contributed by atoms with Crippen LogP contribution in [0.1, 0.15) is 9.67 Å². The van der Waals surface area contributed by atoms with Crippen LogP contribution in [0.3, 0.4) is 0 Å². The molecule has 0 spiro atoms. The van der Waals surface area contributed by atoms with Gasteiger partial charge in [-0.2, -0.15) is 0 Å². The molecule has 11 nitrogen and oxygen atoms in total. The van der Waals surface area contributed by atoms with Crippen LogP contribution in [0.25, 0.3) is 21.5 Å². The molecule has 2 heterocycles. The Morgan fingerprint density at radius 2 is 1.86 bits per heavy atom. The zero-order valence-electron chi connectivity index (χ0n) is 20.3. The van der Waals surface area contributed by atoms with E-state index in [4.69, 9.17) is 20.9 Å². The number of methoxy groups -OCH3 is 2. The van der Waals surface area contributed by atoms with Crippen LogP contribution in [0, 0.1) is 0 Å². The van der Waals surface area contributed by atoms with E-state index in [0.717, 1.165) is 11.3 Å². The third-order valence-corrected chi connectivity index (χ3v) is 8.21. The van der Waals surface area contributed by atoms with Gasteiger partial charge < -0.3 is 20.9 Å². The van der Waals surface area contributed by atoms with E-state index in [9.17, 15) is 13.2 Å². The van der Waals surface area contributed by atoms with E-state index in [1.54, 1.807) is 38.5 Å². The maximum absolute atomic E-state index is 12.8. The smallest absolute Gasteiger partial charge is 0.260 e. The first-order valence-electron chi connectivity index (χ1n) is 10.9. The monoisotopic (exact) mass is 554 g/mol. The van der Waals surface area contributed by atoms with Crippen molar-refractivity contribution in [2.45, 2.75) is 5.16 Å². The normalized spacial score (nSPS) is 11.9. The molecule has 5 N–H and O–H groups in total. The van der Waals surface area contributed by atoms with Crippen LogP contribution >= 0.6 is 23.1 Å². The number of thiophene rings is 1. The second-order valence-corrected chi connectivity index (χ2v) is 11.4. The lowest BCUT2D eigenvalue weighted by molar-refractivity contribution is 0.100. The van der Waals surface area contributed by atoms with Crippen molar-refractivity contribution in [1.29, 1.82) is 0 Å². The Kier molecular flexibility index (Phi) is 9.87. The second kappa shape index (κ2) is 12.7. The van der Waals surface area contributed by atoms with Crippen LogP contribution in [0.4, 0.5) is 11.4 Å². The Morgan fingerprint density at radius 3 is 2.47 bits per heavy atom. The third kappa shape index (κ3) is 7.05. The van der Waals surface area contributed by atoms with Gasteiger partial charge in [0.15, 0.2) is 5.16 Å². The van der Waals surface area contributed by atoms with Gasteiger partial charge in [-0.1, -0.05) is 23.9 Å². The van der Waals surface area contributed by atoms with Crippen LogP contribution in [-0.2, 0) is 19.5 Å². The Bertz CT molecular complexity index is 1310. The molecular formula is C22H30N6O5S3. The number of benzene rings is 1. The predicted molar refractivity (Wildman–Crippen MR) is 145 cm³/mol. The molecule has 1 aromatic carbocycles. The third-order valence-electron chi connectivity index (χ3n) is 5.28. The van der Waals surface area contributed by atoms with Gasteiger partial charge in [-0.3, -0.25) is 14.4 Å². The predicted octanol–water partition coefficient (Wildman–Crippen LogP) is 2.10. The number of nitrogens with one attached hydrogen (secondary N) is 1. The van der Waals surface area contributed by atoms with E-state index in [1.165, 1.54) is 11.8 Å². The van der Waals surface area contributed by atoms with Crippen LogP contribution in [0.15, 0.2) is 29.4 Å². The highest BCUT2D eigenvalue weighted by Crippen LogP contribution is 2.39. The molecule has 0 saturated heterocycles. The molecule has 0 atom stereocenters. The van der Waals surface area contributed by atoms with Crippen molar-refractivity contribution in [2.24, 2.45) is 5.73 Å². The van der Waals surface area contributed by atoms with Gasteiger partial charge in [-0.05, 0) is 18.4 Å². The first-order valence-corrected chi connectivity index (χ1v) is 14.6. The highest BCUT2D eigenvalue weighted by atomic mass is 32.2. The molecule has 36 heavy (non-hydrogen) atoms. The molecule has 0 aliphatic carbocycles. The number of carbonyl (C=O) groups is 1. The number of aromatic nitrogens is 2. The summed E-state index contributed by atoms with van der Waals surface area (Å²) >= 11 is 2.45. The van der Waals surface area contributed by atoms with Crippen LogP contribution in [-0.4, -0.2) is 88.3 Å². The fourth-order valence-electron chi connectivity index (χ4n) is 3.47. The standard InChI is InChI=1S/C22H30N6O5S3/c1-32-10-7-28(8-11-33-2)9-12-36(30,31)27-15-6-4-5-14(13-15)18-16-17(23)19(20(24)29)35-21(16)26-22(25-18)34-3/h4-6,13,27H,7-12,23H2,1-3H3,(H2,24,29). The Balaban J connectivity index is 1.87. The maximum atomic E-state index is 12.8. The van der Waals surface area contributed by atoms with E-state index in [0.29, 0.717) is 65.2 Å². The molecular weight excluding hydrogens is 524 g/mol. The van der Waals surface area contributed by atoms with Crippen molar-refractivity contribution < 1.29 is 22.7 Å². The number of hydrogen-bond donors (Lipinski definition) is 3. The van der Waals surface area contributed by atoms with Crippen molar-refractivity contribution in [3.8, 4) is 11.3 Å². The molecule has 0 fully saturated rings. The number of ether oxygens (including phenoxy) is 2. The summed E-state index contributed by atoms with van der Waals surface area (Å²) in [6.07, 6.45) is 1.84. The Hall–Kier alpha value is -2.49. The quantitative estimate of drug-likeness (QED) is 0.199.